The number of benzene rings is 1. The summed E-state index contributed by atoms with van der Waals surface area (Å²) in [5, 5.41) is 1.30. The van der Waals surface area contributed by atoms with Gasteiger partial charge in [-0.05, 0) is 30.0 Å². The summed E-state index contributed by atoms with van der Waals surface area (Å²) in [5.41, 5.74) is 6.55. The summed E-state index contributed by atoms with van der Waals surface area (Å²) in [6, 6.07) is 5.53. The zero-order valence-corrected chi connectivity index (χ0v) is 12.1. The minimum atomic E-state index is -0.104. The molecule has 0 saturated heterocycles. The van der Waals surface area contributed by atoms with E-state index in [1.807, 2.05) is 12.1 Å². The van der Waals surface area contributed by atoms with Gasteiger partial charge in [-0.15, -0.1) is 0 Å². The topological polar surface area (TPSA) is 41.1 Å². The first-order chi connectivity index (χ1) is 8.54. The molecule has 0 spiro atoms. The summed E-state index contributed by atoms with van der Waals surface area (Å²) in [7, 11) is 0. The maximum Gasteiger partial charge on any atom is 0.230 e. The van der Waals surface area contributed by atoms with Crippen LogP contribution in [0.3, 0.4) is 0 Å². The van der Waals surface area contributed by atoms with Gasteiger partial charge in [0.05, 0.1) is 0 Å². The lowest BCUT2D eigenvalue weighted by Gasteiger charge is -2.19. The first kappa shape index (κ1) is 15.3. The quantitative estimate of drug-likeness (QED) is 0.787. The predicted octanol–water partition coefficient (Wildman–Crippen LogP) is 3.52. The second-order valence-electron chi connectivity index (χ2n) is 4.21. The molecule has 1 unspecified atom stereocenters. The van der Waals surface area contributed by atoms with Gasteiger partial charge < -0.3 is 0 Å². The normalized spacial score (nSPS) is 12.2. The van der Waals surface area contributed by atoms with Crippen LogP contribution >= 0.6 is 23.2 Å². The largest absolute Gasteiger partial charge is 0.292 e. The van der Waals surface area contributed by atoms with E-state index in [4.69, 9.17) is 23.2 Å². The zero-order valence-electron chi connectivity index (χ0n) is 10.6. The van der Waals surface area contributed by atoms with Crippen LogP contribution in [0.2, 0.25) is 10.0 Å². The molecule has 3 nitrogen and oxygen atoms in total. The molecule has 0 radical (unpaired) electrons. The lowest BCUT2D eigenvalue weighted by atomic mass is 9.94. The van der Waals surface area contributed by atoms with Crippen molar-refractivity contribution in [3.8, 4) is 0 Å². The molecule has 0 aliphatic rings. The van der Waals surface area contributed by atoms with Gasteiger partial charge >= 0.3 is 0 Å². The van der Waals surface area contributed by atoms with Crippen molar-refractivity contribution in [1.29, 1.82) is 0 Å². The first-order valence-electron chi connectivity index (χ1n) is 5.99. The molecular formula is C13H18Cl2N2O. The van der Waals surface area contributed by atoms with Gasteiger partial charge in [-0.1, -0.05) is 42.6 Å². The van der Waals surface area contributed by atoms with Crippen LogP contribution in [0.15, 0.2) is 18.2 Å². The fourth-order valence-corrected chi connectivity index (χ4v) is 2.41. The third-order valence-electron chi connectivity index (χ3n) is 2.65. The zero-order chi connectivity index (χ0) is 13.5. The summed E-state index contributed by atoms with van der Waals surface area (Å²) >= 11 is 12.1. The molecule has 0 saturated carbocycles. The SMILES string of the molecule is CCCC(CNNC(C)=O)c1ccc(Cl)cc1Cl. The number of carbonyl (C=O) groups excluding carboxylic acids is 1. The lowest BCUT2D eigenvalue weighted by molar-refractivity contribution is -0.119. The molecule has 1 amide bonds. The Labute approximate surface area is 118 Å². The molecule has 1 aromatic carbocycles. The standard InChI is InChI=1S/C13H18Cl2N2O/c1-3-4-10(8-16-17-9(2)18)12-6-5-11(14)7-13(12)15/h5-7,10,16H,3-4,8H2,1-2H3,(H,17,18). The lowest BCUT2D eigenvalue weighted by Crippen LogP contribution is -2.38. The third kappa shape index (κ3) is 4.84. The molecule has 1 rings (SSSR count). The van der Waals surface area contributed by atoms with Crippen molar-refractivity contribution in [3.63, 3.8) is 0 Å². The first-order valence-corrected chi connectivity index (χ1v) is 6.74. The Kier molecular flexibility index (Phi) is 6.47. The minimum absolute atomic E-state index is 0.104. The molecular weight excluding hydrogens is 271 g/mol. The van der Waals surface area contributed by atoms with E-state index in [2.05, 4.69) is 17.8 Å². The molecule has 0 heterocycles. The van der Waals surface area contributed by atoms with E-state index in [1.165, 1.54) is 6.92 Å². The highest BCUT2D eigenvalue weighted by atomic mass is 35.5. The van der Waals surface area contributed by atoms with Crippen molar-refractivity contribution < 1.29 is 4.79 Å². The number of amides is 1. The second kappa shape index (κ2) is 7.62. The van der Waals surface area contributed by atoms with Crippen molar-refractivity contribution >= 4 is 29.1 Å². The Morgan fingerprint density at radius 1 is 1.39 bits per heavy atom. The van der Waals surface area contributed by atoms with Gasteiger partial charge in [-0.25, -0.2) is 5.43 Å². The Hall–Kier alpha value is -0.770. The van der Waals surface area contributed by atoms with Crippen molar-refractivity contribution in [3.05, 3.63) is 33.8 Å². The second-order valence-corrected chi connectivity index (χ2v) is 5.06. The Bertz CT molecular complexity index is 410. The number of hydrogen-bond acceptors (Lipinski definition) is 2. The van der Waals surface area contributed by atoms with E-state index in [1.54, 1.807) is 6.07 Å². The van der Waals surface area contributed by atoms with E-state index in [0.717, 1.165) is 18.4 Å². The summed E-state index contributed by atoms with van der Waals surface area (Å²) < 4.78 is 0. The summed E-state index contributed by atoms with van der Waals surface area (Å²) in [6.45, 7) is 4.24. The number of nitrogens with one attached hydrogen (secondary N) is 2. The number of halogens is 2. The van der Waals surface area contributed by atoms with Crippen LogP contribution in [0.25, 0.3) is 0 Å². The Balaban J connectivity index is 2.73. The summed E-state index contributed by atoms with van der Waals surface area (Å²) in [4.78, 5) is 10.8. The molecule has 0 bridgehead atoms. The third-order valence-corrected chi connectivity index (χ3v) is 3.21. The van der Waals surface area contributed by atoms with Crippen LogP contribution < -0.4 is 10.9 Å². The van der Waals surface area contributed by atoms with Gasteiger partial charge in [0.2, 0.25) is 5.91 Å². The molecule has 1 aromatic rings. The maximum absolute atomic E-state index is 10.8. The van der Waals surface area contributed by atoms with Crippen LogP contribution in [-0.4, -0.2) is 12.5 Å². The summed E-state index contributed by atoms with van der Waals surface area (Å²) in [6.07, 6.45) is 2.04. The number of carbonyl (C=O) groups is 1. The van der Waals surface area contributed by atoms with Crippen LogP contribution in [-0.2, 0) is 4.79 Å². The maximum atomic E-state index is 10.8. The van der Waals surface area contributed by atoms with E-state index < -0.39 is 0 Å². The number of rotatable bonds is 6. The van der Waals surface area contributed by atoms with Gasteiger partial charge in [0.25, 0.3) is 0 Å². The monoisotopic (exact) mass is 288 g/mol. The molecule has 1 atom stereocenters. The number of hydrogen-bond donors (Lipinski definition) is 2. The molecule has 18 heavy (non-hydrogen) atoms. The summed E-state index contributed by atoms with van der Waals surface area (Å²) in [5.74, 6) is 0.152. The van der Waals surface area contributed by atoms with Gasteiger partial charge in [0, 0.05) is 23.5 Å². The highest BCUT2D eigenvalue weighted by Gasteiger charge is 2.14. The average Bonchev–Trinajstić information content (AvgIpc) is 2.28. The predicted molar refractivity (Wildman–Crippen MR) is 75.9 cm³/mol. The van der Waals surface area contributed by atoms with Crippen LogP contribution in [0.4, 0.5) is 0 Å². The molecule has 100 valence electrons. The van der Waals surface area contributed by atoms with Crippen LogP contribution in [0, 0.1) is 0 Å². The van der Waals surface area contributed by atoms with E-state index >= 15 is 0 Å². The average molecular weight is 289 g/mol. The smallest absolute Gasteiger partial charge is 0.230 e. The highest BCUT2D eigenvalue weighted by molar-refractivity contribution is 6.35. The van der Waals surface area contributed by atoms with Crippen molar-refractivity contribution in [2.24, 2.45) is 0 Å². The minimum Gasteiger partial charge on any atom is -0.292 e. The molecule has 0 aliphatic heterocycles. The number of hydrazine groups is 1. The van der Waals surface area contributed by atoms with Gasteiger partial charge in [0.15, 0.2) is 0 Å². The fraction of sp³-hybridized carbons (Fsp3) is 0.462. The molecule has 0 aliphatic carbocycles. The van der Waals surface area contributed by atoms with Crippen molar-refractivity contribution in [1.82, 2.24) is 10.9 Å². The van der Waals surface area contributed by atoms with Crippen LogP contribution in [0.5, 0.6) is 0 Å². The van der Waals surface area contributed by atoms with Crippen molar-refractivity contribution in [2.75, 3.05) is 6.54 Å². The molecule has 2 N–H and O–H groups in total. The molecule has 0 aromatic heterocycles. The Morgan fingerprint density at radius 3 is 2.67 bits per heavy atom. The fourth-order valence-electron chi connectivity index (χ4n) is 1.85. The van der Waals surface area contributed by atoms with Crippen molar-refractivity contribution in [2.45, 2.75) is 32.6 Å². The molecule has 5 heteroatoms. The van der Waals surface area contributed by atoms with Gasteiger partial charge in [-0.3, -0.25) is 10.2 Å². The van der Waals surface area contributed by atoms with E-state index in [-0.39, 0.29) is 11.8 Å². The van der Waals surface area contributed by atoms with Gasteiger partial charge in [0.1, 0.15) is 0 Å². The van der Waals surface area contributed by atoms with E-state index in [9.17, 15) is 4.79 Å². The van der Waals surface area contributed by atoms with Gasteiger partial charge in [-0.2, -0.15) is 0 Å². The molecule has 0 fully saturated rings. The Morgan fingerprint density at radius 2 is 2.11 bits per heavy atom. The van der Waals surface area contributed by atoms with Crippen LogP contribution in [0.1, 0.15) is 38.2 Å². The van der Waals surface area contributed by atoms with E-state index in [0.29, 0.717) is 16.6 Å². The highest BCUT2D eigenvalue weighted by Crippen LogP contribution is 2.29.